The molecule has 1 aromatic heterocycles. The Balaban J connectivity index is 1.48. The number of rotatable bonds is 8. The maximum absolute atomic E-state index is 13.9. The van der Waals surface area contributed by atoms with Crippen LogP contribution in [0, 0.1) is 0 Å². The van der Waals surface area contributed by atoms with Gasteiger partial charge in [0.05, 0.1) is 16.2 Å². The summed E-state index contributed by atoms with van der Waals surface area (Å²) < 4.78 is 54.4. The van der Waals surface area contributed by atoms with Crippen molar-refractivity contribution >= 4 is 27.0 Å². The Labute approximate surface area is 228 Å². The standard InChI is InChI=1S/C29H32F2N4O3S/c1-20(26-14-17-32-34(26)5)23-10-6-7-11-24(23)21(2)35-18-15-22(16-19-35)33(4)28(36)25-12-8-9-13-27(25)39(37,38)29(3,30)31/h6-14,17,22H,1-2,15-16,18-19H2,3-5H3. The third kappa shape index (κ3) is 5.38. The summed E-state index contributed by atoms with van der Waals surface area (Å²) >= 11 is 0. The molecule has 206 valence electrons. The molecule has 0 aliphatic carbocycles. The van der Waals surface area contributed by atoms with E-state index >= 15 is 0 Å². The van der Waals surface area contributed by atoms with E-state index in [0.29, 0.717) is 32.9 Å². The van der Waals surface area contributed by atoms with Gasteiger partial charge >= 0.3 is 5.25 Å². The van der Waals surface area contributed by atoms with E-state index in [1.807, 2.05) is 37.4 Å². The Morgan fingerprint density at radius 2 is 1.56 bits per heavy atom. The summed E-state index contributed by atoms with van der Waals surface area (Å²) in [7, 11) is -1.57. The lowest BCUT2D eigenvalue weighted by Gasteiger charge is -2.39. The molecule has 2 heterocycles. The topological polar surface area (TPSA) is 75.5 Å². The monoisotopic (exact) mass is 554 g/mol. The molecule has 0 N–H and O–H groups in total. The molecule has 1 amide bonds. The average molecular weight is 555 g/mol. The van der Waals surface area contributed by atoms with Gasteiger partial charge in [0, 0.05) is 63.2 Å². The number of hydrogen-bond donors (Lipinski definition) is 0. The first-order valence-corrected chi connectivity index (χ1v) is 14.0. The fraction of sp³-hybridized carbons (Fsp3) is 0.310. The highest BCUT2D eigenvalue weighted by molar-refractivity contribution is 7.92. The van der Waals surface area contributed by atoms with Crippen molar-refractivity contribution in [2.75, 3.05) is 20.1 Å². The summed E-state index contributed by atoms with van der Waals surface area (Å²) in [6, 6.07) is 14.7. The summed E-state index contributed by atoms with van der Waals surface area (Å²) in [5.74, 6) is -0.603. The zero-order valence-corrected chi connectivity index (χ0v) is 23.1. The van der Waals surface area contributed by atoms with Crippen LogP contribution in [0.2, 0.25) is 0 Å². The lowest BCUT2D eigenvalue weighted by atomic mass is 9.95. The van der Waals surface area contributed by atoms with E-state index < -0.39 is 25.9 Å². The van der Waals surface area contributed by atoms with E-state index in [0.717, 1.165) is 34.2 Å². The molecule has 1 aliphatic heterocycles. The molecule has 2 aromatic carbocycles. The van der Waals surface area contributed by atoms with Gasteiger partial charge in [-0.3, -0.25) is 9.48 Å². The maximum Gasteiger partial charge on any atom is 0.347 e. The number of carbonyl (C=O) groups excluding carboxylic acids is 1. The van der Waals surface area contributed by atoms with Crippen molar-refractivity contribution in [2.45, 2.75) is 36.0 Å². The Morgan fingerprint density at radius 1 is 1.00 bits per heavy atom. The molecule has 7 nitrogen and oxygen atoms in total. The Bertz CT molecular complexity index is 1520. The van der Waals surface area contributed by atoms with Crippen LogP contribution in [-0.4, -0.2) is 65.3 Å². The molecule has 0 spiro atoms. The van der Waals surface area contributed by atoms with Crippen molar-refractivity contribution < 1.29 is 22.0 Å². The minimum absolute atomic E-state index is 0.195. The van der Waals surface area contributed by atoms with Crippen LogP contribution >= 0.6 is 0 Å². The number of amides is 1. The highest BCUT2D eigenvalue weighted by Crippen LogP contribution is 2.33. The summed E-state index contributed by atoms with van der Waals surface area (Å²) in [6.45, 7) is 10.2. The lowest BCUT2D eigenvalue weighted by molar-refractivity contribution is 0.0669. The van der Waals surface area contributed by atoms with Crippen LogP contribution in [0.1, 0.15) is 46.9 Å². The quantitative estimate of drug-likeness (QED) is 0.389. The van der Waals surface area contributed by atoms with E-state index in [2.05, 4.69) is 23.2 Å². The number of piperidine rings is 1. The number of hydrogen-bond acceptors (Lipinski definition) is 5. The van der Waals surface area contributed by atoms with Gasteiger partial charge in [-0.05, 0) is 36.6 Å². The van der Waals surface area contributed by atoms with E-state index in [4.69, 9.17) is 0 Å². The fourth-order valence-electron chi connectivity index (χ4n) is 4.93. The molecule has 0 atom stereocenters. The van der Waals surface area contributed by atoms with Gasteiger partial charge in [0.15, 0.2) is 0 Å². The average Bonchev–Trinajstić information content (AvgIpc) is 3.36. The highest BCUT2D eigenvalue weighted by Gasteiger charge is 2.43. The first-order valence-electron chi connectivity index (χ1n) is 12.5. The molecule has 3 aromatic rings. The molecule has 1 aliphatic rings. The first kappa shape index (κ1) is 28.2. The second-order valence-electron chi connectivity index (χ2n) is 9.75. The number of sulfone groups is 1. The summed E-state index contributed by atoms with van der Waals surface area (Å²) in [5, 5.41) is 0.232. The Morgan fingerprint density at radius 3 is 2.13 bits per heavy atom. The summed E-state index contributed by atoms with van der Waals surface area (Å²) in [5.41, 5.74) is 4.21. The molecular formula is C29H32F2N4O3S. The number of likely N-dealkylation sites (tertiary alicyclic amines) is 1. The molecule has 0 radical (unpaired) electrons. The molecule has 0 unspecified atom stereocenters. The van der Waals surface area contributed by atoms with Crippen molar-refractivity contribution in [3.05, 3.63) is 96.3 Å². The summed E-state index contributed by atoms with van der Waals surface area (Å²) in [4.78, 5) is 16.3. The Hall–Kier alpha value is -3.79. The normalized spacial score (nSPS) is 14.7. The van der Waals surface area contributed by atoms with Crippen LogP contribution in [-0.2, 0) is 16.9 Å². The number of alkyl halides is 2. The van der Waals surface area contributed by atoms with Gasteiger partial charge in [-0.25, -0.2) is 8.42 Å². The molecule has 0 saturated carbocycles. The van der Waals surface area contributed by atoms with Crippen molar-refractivity contribution in [3.8, 4) is 0 Å². The molecular weight excluding hydrogens is 522 g/mol. The zero-order chi connectivity index (χ0) is 28.5. The van der Waals surface area contributed by atoms with E-state index in [1.54, 1.807) is 17.9 Å². The third-order valence-corrected chi connectivity index (χ3v) is 9.17. The lowest BCUT2D eigenvalue weighted by Crippen LogP contribution is -2.45. The minimum Gasteiger partial charge on any atom is -0.371 e. The van der Waals surface area contributed by atoms with Crippen LogP contribution in [0.15, 0.2) is 78.8 Å². The molecule has 1 saturated heterocycles. The SMILES string of the molecule is C=C(c1ccccc1C(=C)N1CCC(N(C)C(=O)c2ccccc2S(=O)(=O)C(C)(F)F)CC1)c1ccnn1C. The van der Waals surface area contributed by atoms with Gasteiger partial charge in [0.2, 0.25) is 9.84 Å². The zero-order valence-electron chi connectivity index (χ0n) is 22.3. The number of aromatic nitrogens is 2. The minimum atomic E-state index is -5.01. The van der Waals surface area contributed by atoms with Gasteiger partial charge in [-0.15, -0.1) is 0 Å². The molecule has 1 fully saturated rings. The van der Waals surface area contributed by atoms with Gasteiger partial charge in [0.1, 0.15) is 0 Å². The van der Waals surface area contributed by atoms with Gasteiger partial charge in [-0.1, -0.05) is 49.6 Å². The number of aryl methyl sites for hydroxylation is 1. The summed E-state index contributed by atoms with van der Waals surface area (Å²) in [6.07, 6.45) is 2.93. The van der Waals surface area contributed by atoms with E-state index in [-0.39, 0.29) is 11.6 Å². The maximum atomic E-state index is 13.9. The van der Waals surface area contributed by atoms with Crippen molar-refractivity contribution in [3.63, 3.8) is 0 Å². The molecule has 4 rings (SSSR count). The second kappa shape index (κ2) is 10.8. The van der Waals surface area contributed by atoms with Crippen LogP contribution in [0.3, 0.4) is 0 Å². The highest BCUT2D eigenvalue weighted by atomic mass is 32.2. The van der Waals surface area contributed by atoms with Crippen LogP contribution < -0.4 is 0 Å². The van der Waals surface area contributed by atoms with Crippen molar-refractivity contribution in [1.29, 1.82) is 0 Å². The number of nitrogens with zero attached hydrogens (tertiary/aromatic N) is 4. The van der Waals surface area contributed by atoms with Crippen molar-refractivity contribution in [2.24, 2.45) is 7.05 Å². The van der Waals surface area contributed by atoms with Gasteiger partial charge in [-0.2, -0.15) is 13.9 Å². The second-order valence-corrected chi connectivity index (χ2v) is 11.9. The van der Waals surface area contributed by atoms with Gasteiger partial charge in [0.25, 0.3) is 5.91 Å². The molecule has 0 bridgehead atoms. The van der Waals surface area contributed by atoms with Crippen LogP contribution in [0.5, 0.6) is 0 Å². The van der Waals surface area contributed by atoms with E-state index in [1.165, 1.54) is 23.1 Å². The molecule has 10 heteroatoms. The largest absolute Gasteiger partial charge is 0.371 e. The smallest absolute Gasteiger partial charge is 0.347 e. The predicted molar refractivity (Wildman–Crippen MR) is 148 cm³/mol. The van der Waals surface area contributed by atoms with Crippen LogP contribution in [0.4, 0.5) is 8.78 Å². The first-order chi connectivity index (χ1) is 18.3. The number of halogens is 2. The van der Waals surface area contributed by atoms with Crippen LogP contribution in [0.25, 0.3) is 11.3 Å². The Kier molecular flexibility index (Phi) is 7.79. The number of benzene rings is 2. The third-order valence-electron chi connectivity index (χ3n) is 7.29. The van der Waals surface area contributed by atoms with Crippen molar-refractivity contribution in [1.82, 2.24) is 19.6 Å². The predicted octanol–water partition coefficient (Wildman–Crippen LogP) is 5.08. The number of carbonyl (C=O) groups is 1. The van der Waals surface area contributed by atoms with Gasteiger partial charge < -0.3 is 9.80 Å². The molecule has 39 heavy (non-hydrogen) atoms. The van der Waals surface area contributed by atoms with E-state index in [9.17, 15) is 22.0 Å². The fourth-order valence-corrected chi connectivity index (χ4v) is 6.01.